The molecular formula is C17H20O. The zero-order valence-electron chi connectivity index (χ0n) is 11.0. The van der Waals surface area contributed by atoms with Crippen LogP contribution in [0.15, 0.2) is 36.4 Å². The molecule has 0 atom stereocenters. The summed E-state index contributed by atoms with van der Waals surface area (Å²) in [5, 5.41) is 2.63. The Balaban J connectivity index is 2.12. The van der Waals surface area contributed by atoms with Gasteiger partial charge < -0.3 is 4.74 Å². The Kier molecular flexibility index (Phi) is 3.22. The molecule has 1 heteroatoms. The third-order valence-electron chi connectivity index (χ3n) is 4.18. The van der Waals surface area contributed by atoms with Gasteiger partial charge in [-0.15, -0.1) is 0 Å². The van der Waals surface area contributed by atoms with Crippen molar-refractivity contribution in [1.82, 2.24) is 0 Å². The lowest BCUT2D eigenvalue weighted by Crippen LogP contribution is -2.05. The fourth-order valence-corrected chi connectivity index (χ4v) is 3.24. The summed E-state index contributed by atoms with van der Waals surface area (Å²) in [6, 6.07) is 13.0. The van der Waals surface area contributed by atoms with E-state index >= 15 is 0 Å². The van der Waals surface area contributed by atoms with Crippen molar-refractivity contribution >= 4 is 10.8 Å². The maximum absolute atomic E-state index is 5.47. The van der Waals surface area contributed by atoms with Gasteiger partial charge in [0.1, 0.15) is 5.75 Å². The summed E-state index contributed by atoms with van der Waals surface area (Å²) in [6.07, 6.45) is 6.85. The largest absolute Gasteiger partial charge is 0.496 e. The first-order valence-corrected chi connectivity index (χ1v) is 6.96. The third kappa shape index (κ3) is 1.98. The Morgan fingerprint density at radius 2 is 1.61 bits per heavy atom. The van der Waals surface area contributed by atoms with Gasteiger partial charge in [-0.3, -0.25) is 0 Å². The van der Waals surface area contributed by atoms with Gasteiger partial charge >= 0.3 is 0 Å². The maximum atomic E-state index is 5.47. The lowest BCUT2D eigenvalue weighted by molar-refractivity contribution is 0.418. The first-order chi connectivity index (χ1) is 8.90. The Morgan fingerprint density at radius 1 is 0.889 bits per heavy atom. The molecule has 2 aromatic rings. The normalized spacial score (nSPS) is 16.9. The standard InChI is InChI=1S/C17H20O/c1-18-17-12-11-14(13-7-3-2-4-8-13)15-9-5-6-10-16(15)17/h5-6,9-13H,2-4,7-8H2,1H3. The summed E-state index contributed by atoms with van der Waals surface area (Å²) in [5.41, 5.74) is 1.52. The van der Waals surface area contributed by atoms with Gasteiger partial charge in [0.2, 0.25) is 0 Å². The van der Waals surface area contributed by atoms with Crippen molar-refractivity contribution in [2.45, 2.75) is 38.0 Å². The summed E-state index contributed by atoms with van der Waals surface area (Å²) in [6.45, 7) is 0. The van der Waals surface area contributed by atoms with E-state index in [1.165, 1.54) is 48.4 Å². The Bertz CT molecular complexity index is 538. The van der Waals surface area contributed by atoms with E-state index in [1.54, 1.807) is 7.11 Å². The van der Waals surface area contributed by atoms with Crippen LogP contribution in [0.3, 0.4) is 0 Å². The molecule has 0 saturated heterocycles. The number of fused-ring (bicyclic) bond motifs is 1. The third-order valence-corrected chi connectivity index (χ3v) is 4.18. The van der Waals surface area contributed by atoms with Crippen LogP contribution in [0.2, 0.25) is 0 Å². The summed E-state index contributed by atoms with van der Waals surface area (Å²) < 4.78 is 5.47. The van der Waals surface area contributed by atoms with Crippen molar-refractivity contribution in [1.29, 1.82) is 0 Å². The van der Waals surface area contributed by atoms with E-state index in [-0.39, 0.29) is 0 Å². The number of rotatable bonds is 2. The number of methoxy groups -OCH3 is 1. The van der Waals surface area contributed by atoms with Crippen LogP contribution in [-0.2, 0) is 0 Å². The average Bonchev–Trinajstić information content (AvgIpc) is 2.47. The molecule has 1 nitrogen and oxygen atoms in total. The van der Waals surface area contributed by atoms with Crippen molar-refractivity contribution in [2.75, 3.05) is 7.11 Å². The van der Waals surface area contributed by atoms with E-state index in [2.05, 4.69) is 36.4 Å². The molecule has 1 aliphatic rings. The maximum Gasteiger partial charge on any atom is 0.126 e. The minimum Gasteiger partial charge on any atom is -0.496 e. The summed E-state index contributed by atoms with van der Waals surface area (Å²) >= 11 is 0. The van der Waals surface area contributed by atoms with E-state index in [0.29, 0.717) is 0 Å². The second kappa shape index (κ2) is 5.01. The minimum absolute atomic E-state index is 0.745. The molecule has 1 aliphatic carbocycles. The second-order valence-corrected chi connectivity index (χ2v) is 5.24. The van der Waals surface area contributed by atoms with Crippen LogP contribution in [-0.4, -0.2) is 7.11 Å². The van der Waals surface area contributed by atoms with Crippen LogP contribution in [0.4, 0.5) is 0 Å². The highest BCUT2D eigenvalue weighted by Gasteiger charge is 2.18. The van der Waals surface area contributed by atoms with Crippen molar-refractivity contribution in [3.8, 4) is 5.75 Å². The molecule has 1 saturated carbocycles. The molecule has 0 heterocycles. The average molecular weight is 240 g/mol. The van der Waals surface area contributed by atoms with Gasteiger partial charge in [0.25, 0.3) is 0 Å². The van der Waals surface area contributed by atoms with Gasteiger partial charge in [-0.2, -0.15) is 0 Å². The molecule has 0 radical (unpaired) electrons. The molecule has 0 spiro atoms. The van der Waals surface area contributed by atoms with E-state index in [1.807, 2.05) is 0 Å². The highest BCUT2D eigenvalue weighted by atomic mass is 16.5. The van der Waals surface area contributed by atoms with Crippen LogP contribution < -0.4 is 4.74 Å². The quantitative estimate of drug-likeness (QED) is 0.725. The monoisotopic (exact) mass is 240 g/mol. The predicted octanol–water partition coefficient (Wildman–Crippen LogP) is 4.90. The van der Waals surface area contributed by atoms with E-state index in [4.69, 9.17) is 4.74 Å². The summed E-state index contributed by atoms with van der Waals surface area (Å²) in [7, 11) is 1.75. The first-order valence-electron chi connectivity index (χ1n) is 6.96. The molecule has 0 N–H and O–H groups in total. The van der Waals surface area contributed by atoms with Crippen LogP contribution in [0, 0.1) is 0 Å². The topological polar surface area (TPSA) is 9.23 Å². The molecule has 3 rings (SSSR count). The van der Waals surface area contributed by atoms with E-state index in [0.717, 1.165) is 11.7 Å². The van der Waals surface area contributed by atoms with Crippen molar-refractivity contribution in [3.05, 3.63) is 42.0 Å². The van der Waals surface area contributed by atoms with Gasteiger partial charge in [0.05, 0.1) is 7.11 Å². The van der Waals surface area contributed by atoms with Crippen LogP contribution >= 0.6 is 0 Å². The number of hydrogen-bond acceptors (Lipinski definition) is 1. The molecule has 2 aromatic carbocycles. The highest BCUT2D eigenvalue weighted by Crippen LogP contribution is 2.38. The van der Waals surface area contributed by atoms with Gasteiger partial charge in [-0.05, 0) is 35.8 Å². The first kappa shape index (κ1) is 11.6. The van der Waals surface area contributed by atoms with E-state index < -0.39 is 0 Å². The molecule has 0 aromatic heterocycles. The highest BCUT2D eigenvalue weighted by molar-refractivity contribution is 5.91. The fourth-order valence-electron chi connectivity index (χ4n) is 3.24. The molecule has 0 aliphatic heterocycles. The zero-order chi connectivity index (χ0) is 12.4. The fraction of sp³-hybridized carbons (Fsp3) is 0.412. The van der Waals surface area contributed by atoms with Gasteiger partial charge in [-0.25, -0.2) is 0 Å². The van der Waals surface area contributed by atoms with Gasteiger partial charge in [-0.1, -0.05) is 49.6 Å². The number of hydrogen-bond donors (Lipinski definition) is 0. The van der Waals surface area contributed by atoms with Crippen molar-refractivity contribution in [3.63, 3.8) is 0 Å². The molecule has 1 fully saturated rings. The Morgan fingerprint density at radius 3 is 2.33 bits per heavy atom. The summed E-state index contributed by atoms with van der Waals surface area (Å²) in [5.74, 6) is 1.74. The minimum atomic E-state index is 0.745. The van der Waals surface area contributed by atoms with Crippen LogP contribution in [0.1, 0.15) is 43.6 Å². The lowest BCUT2D eigenvalue weighted by atomic mass is 9.82. The molecule has 0 bridgehead atoms. The molecule has 0 amide bonds. The molecule has 94 valence electrons. The van der Waals surface area contributed by atoms with Gasteiger partial charge in [0.15, 0.2) is 0 Å². The zero-order valence-corrected chi connectivity index (χ0v) is 11.0. The second-order valence-electron chi connectivity index (χ2n) is 5.24. The Hall–Kier alpha value is -1.50. The van der Waals surface area contributed by atoms with Gasteiger partial charge in [0, 0.05) is 5.39 Å². The van der Waals surface area contributed by atoms with Crippen molar-refractivity contribution < 1.29 is 4.74 Å². The molecule has 18 heavy (non-hydrogen) atoms. The predicted molar refractivity (Wildman–Crippen MR) is 76.3 cm³/mol. The molecular weight excluding hydrogens is 220 g/mol. The summed E-state index contributed by atoms with van der Waals surface area (Å²) in [4.78, 5) is 0. The lowest BCUT2D eigenvalue weighted by Gasteiger charge is -2.24. The molecule has 0 unspecified atom stereocenters. The number of ether oxygens (including phenoxy) is 1. The van der Waals surface area contributed by atoms with Crippen LogP contribution in [0.5, 0.6) is 5.75 Å². The van der Waals surface area contributed by atoms with Crippen LogP contribution in [0.25, 0.3) is 10.8 Å². The van der Waals surface area contributed by atoms with Crippen molar-refractivity contribution in [2.24, 2.45) is 0 Å². The Labute approximate surface area is 109 Å². The smallest absolute Gasteiger partial charge is 0.126 e. The SMILES string of the molecule is COc1ccc(C2CCCCC2)c2ccccc12. The number of benzene rings is 2. The van der Waals surface area contributed by atoms with E-state index in [9.17, 15) is 0 Å².